The van der Waals surface area contributed by atoms with Gasteiger partial charge in [-0.1, -0.05) is 27.7 Å². The fourth-order valence-corrected chi connectivity index (χ4v) is 4.31. The van der Waals surface area contributed by atoms with Crippen LogP contribution in [0, 0.1) is 5.41 Å². The number of carboxylic acids is 1. The summed E-state index contributed by atoms with van der Waals surface area (Å²) in [6, 6.07) is 0.335. The number of piperazine rings is 1. The van der Waals surface area contributed by atoms with E-state index in [4.69, 9.17) is 0 Å². The molecule has 1 aromatic rings. The molecule has 1 saturated heterocycles. The third kappa shape index (κ3) is 4.03. The molecule has 2 heterocycles. The molecule has 1 N–H and O–H groups in total. The van der Waals surface area contributed by atoms with Crippen molar-refractivity contribution in [2.45, 2.75) is 66.0 Å². The molecule has 0 unspecified atom stereocenters. The Balaban J connectivity index is 1.69. The van der Waals surface area contributed by atoms with Gasteiger partial charge in [0.1, 0.15) is 0 Å². The fraction of sp³-hybridized carbons (Fsp3) is 0.750. The van der Waals surface area contributed by atoms with Gasteiger partial charge in [0.25, 0.3) is 0 Å². The van der Waals surface area contributed by atoms with Crippen LogP contribution in [0.4, 0.5) is 0 Å². The number of carboxylic acid groups (broad SMARTS) is 1. The predicted molar refractivity (Wildman–Crippen MR) is 103 cm³/mol. The Morgan fingerprint density at radius 3 is 2.41 bits per heavy atom. The van der Waals surface area contributed by atoms with Crippen LogP contribution in [-0.4, -0.2) is 68.8 Å². The second-order valence-corrected chi connectivity index (χ2v) is 8.78. The molecule has 3 rings (SSSR count). The molecule has 1 amide bonds. The van der Waals surface area contributed by atoms with Crippen LogP contribution >= 0.6 is 0 Å². The first-order valence-electron chi connectivity index (χ1n) is 10.1. The van der Waals surface area contributed by atoms with Gasteiger partial charge in [-0.15, -0.1) is 0 Å². The topological polar surface area (TPSA) is 78.7 Å². The van der Waals surface area contributed by atoms with E-state index in [1.165, 1.54) is 0 Å². The third-order valence-corrected chi connectivity index (χ3v) is 5.72. The summed E-state index contributed by atoms with van der Waals surface area (Å²) in [4.78, 5) is 28.5. The summed E-state index contributed by atoms with van der Waals surface area (Å²) in [6.07, 6.45) is 3.59. The monoisotopic (exact) mass is 376 g/mol. The van der Waals surface area contributed by atoms with Gasteiger partial charge in [-0.05, 0) is 25.7 Å². The molecular formula is C20H32N4O3. The number of carbonyl (C=O) groups is 2. The highest BCUT2D eigenvalue weighted by Gasteiger charge is 2.35. The molecule has 0 spiro atoms. The lowest BCUT2D eigenvalue weighted by atomic mass is 9.89. The van der Waals surface area contributed by atoms with E-state index in [0.717, 1.165) is 69.7 Å². The van der Waals surface area contributed by atoms with Crippen molar-refractivity contribution in [2.24, 2.45) is 5.41 Å². The van der Waals surface area contributed by atoms with E-state index in [2.05, 4.69) is 16.9 Å². The molecule has 7 heteroatoms. The molecule has 1 aliphatic heterocycles. The number of fused-ring (bicyclic) bond motifs is 1. The summed E-state index contributed by atoms with van der Waals surface area (Å²) in [7, 11) is 0. The number of amides is 1. The van der Waals surface area contributed by atoms with Crippen molar-refractivity contribution in [1.29, 1.82) is 0 Å². The minimum atomic E-state index is -0.928. The summed E-state index contributed by atoms with van der Waals surface area (Å²) in [5.41, 5.74) is 1.91. The highest BCUT2D eigenvalue weighted by Crippen LogP contribution is 2.29. The predicted octanol–water partition coefficient (Wildman–Crippen LogP) is 2.04. The zero-order chi connectivity index (χ0) is 19.8. The summed E-state index contributed by atoms with van der Waals surface area (Å²) in [5, 5.41) is 13.9. The van der Waals surface area contributed by atoms with Gasteiger partial charge in [0.2, 0.25) is 5.91 Å². The van der Waals surface area contributed by atoms with Gasteiger partial charge in [0, 0.05) is 55.4 Å². The number of nitrogens with zero attached hydrogens (tertiary/aromatic N) is 4. The molecular weight excluding hydrogens is 344 g/mol. The van der Waals surface area contributed by atoms with Gasteiger partial charge >= 0.3 is 5.97 Å². The first-order valence-corrected chi connectivity index (χ1v) is 10.1. The van der Waals surface area contributed by atoms with E-state index in [-0.39, 0.29) is 17.0 Å². The lowest BCUT2D eigenvalue weighted by molar-refractivity contribution is -0.141. The molecule has 1 fully saturated rings. The van der Waals surface area contributed by atoms with Gasteiger partial charge in [-0.2, -0.15) is 5.10 Å². The minimum Gasteiger partial charge on any atom is -0.476 e. The summed E-state index contributed by atoms with van der Waals surface area (Å²) in [5.74, 6) is -0.718. The Hall–Kier alpha value is -1.89. The minimum absolute atomic E-state index is 0.210. The van der Waals surface area contributed by atoms with E-state index in [0.29, 0.717) is 6.04 Å². The van der Waals surface area contributed by atoms with Crippen LogP contribution in [0.1, 0.15) is 62.3 Å². The third-order valence-electron chi connectivity index (χ3n) is 5.72. The maximum Gasteiger partial charge on any atom is 0.356 e. The van der Waals surface area contributed by atoms with Gasteiger partial charge in [0.05, 0.1) is 0 Å². The molecule has 1 aliphatic carbocycles. The van der Waals surface area contributed by atoms with Crippen molar-refractivity contribution in [2.75, 3.05) is 26.2 Å². The normalized spacial score (nSPS) is 21.2. The van der Waals surface area contributed by atoms with Crippen molar-refractivity contribution >= 4 is 11.9 Å². The Labute approximate surface area is 161 Å². The van der Waals surface area contributed by atoms with E-state index >= 15 is 0 Å². The maximum atomic E-state index is 12.5. The second-order valence-electron chi connectivity index (χ2n) is 8.78. The average molecular weight is 377 g/mol. The van der Waals surface area contributed by atoms with Gasteiger partial charge in [-0.3, -0.25) is 14.4 Å². The molecule has 0 bridgehead atoms. The number of rotatable bonds is 4. The highest BCUT2D eigenvalue weighted by atomic mass is 16.4. The number of hydrogen-bond acceptors (Lipinski definition) is 4. The SMILES string of the molecule is CCCn1nc(C(=O)O)c2c1CC[C@@H](N1CCN(C(=O)C(C)(C)C)CC1)C2. The first-order chi connectivity index (χ1) is 12.7. The van der Waals surface area contributed by atoms with Crippen molar-refractivity contribution in [1.82, 2.24) is 19.6 Å². The Morgan fingerprint density at radius 1 is 1.19 bits per heavy atom. The molecule has 7 nitrogen and oxygen atoms in total. The average Bonchev–Trinajstić information content (AvgIpc) is 2.99. The lowest BCUT2D eigenvalue weighted by Crippen LogP contribution is -2.55. The van der Waals surface area contributed by atoms with E-state index in [1.54, 1.807) is 0 Å². The quantitative estimate of drug-likeness (QED) is 0.870. The molecule has 0 aromatic carbocycles. The van der Waals surface area contributed by atoms with Crippen LogP contribution in [-0.2, 0) is 24.2 Å². The molecule has 1 atom stereocenters. The van der Waals surface area contributed by atoms with Gasteiger partial charge in [0.15, 0.2) is 5.69 Å². The van der Waals surface area contributed by atoms with Crippen LogP contribution in [0.3, 0.4) is 0 Å². The largest absolute Gasteiger partial charge is 0.476 e. The molecule has 27 heavy (non-hydrogen) atoms. The second kappa shape index (κ2) is 7.62. The van der Waals surface area contributed by atoms with Crippen molar-refractivity contribution in [3.8, 4) is 0 Å². The van der Waals surface area contributed by atoms with E-state index in [1.807, 2.05) is 30.4 Å². The van der Waals surface area contributed by atoms with E-state index < -0.39 is 5.97 Å². The van der Waals surface area contributed by atoms with Gasteiger partial charge in [-0.25, -0.2) is 4.79 Å². The standard InChI is InChI=1S/C20H32N4O3/c1-5-8-24-16-7-6-14(13-15(16)17(21-24)18(25)26)22-9-11-23(12-10-22)19(27)20(2,3)4/h14H,5-13H2,1-4H3,(H,25,26)/t14-/m1/s1. The zero-order valence-corrected chi connectivity index (χ0v) is 17.0. The molecule has 1 aromatic heterocycles. The van der Waals surface area contributed by atoms with Crippen molar-refractivity contribution in [3.63, 3.8) is 0 Å². The summed E-state index contributed by atoms with van der Waals surface area (Å²) < 4.78 is 1.90. The highest BCUT2D eigenvalue weighted by molar-refractivity contribution is 5.87. The Bertz CT molecular complexity index is 712. The van der Waals surface area contributed by atoms with Crippen molar-refractivity contribution < 1.29 is 14.7 Å². The number of aromatic nitrogens is 2. The summed E-state index contributed by atoms with van der Waals surface area (Å²) in [6.45, 7) is 12.0. The molecule has 150 valence electrons. The number of aryl methyl sites for hydroxylation is 1. The van der Waals surface area contributed by atoms with Crippen LogP contribution in [0.15, 0.2) is 0 Å². The summed E-state index contributed by atoms with van der Waals surface area (Å²) >= 11 is 0. The number of aromatic carboxylic acids is 1. The van der Waals surface area contributed by atoms with E-state index in [9.17, 15) is 14.7 Å². The van der Waals surface area contributed by atoms with Crippen LogP contribution in [0.25, 0.3) is 0 Å². The Kier molecular flexibility index (Phi) is 5.60. The first kappa shape index (κ1) is 19.9. The van der Waals surface area contributed by atoms with Crippen LogP contribution < -0.4 is 0 Å². The van der Waals surface area contributed by atoms with Gasteiger partial charge < -0.3 is 10.0 Å². The lowest BCUT2D eigenvalue weighted by Gasteiger charge is -2.42. The maximum absolute atomic E-state index is 12.5. The number of hydrogen-bond donors (Lipinski definition) is 1. The zero-order valence-electron chi connectivity index (χ0n) is 17.0. The fourth-order valence-electron chi connectivity index (χ4n) is 4.31. The number of carbonyl (C=O) groups excluding carboxylic acids is 1. The molecule has 2 aliphatic rings. The molecule has 0 radical (unpaired) electrons. The Morgan fingerprint density at radius 2 is 1.85 bits per heavy atom. The van der Waals surface area contributed by atoms with Crippen molar-refractivity contribution in [3.05, 3.63) is 17.0 Å². The molecule has 0 saturated carbocycles. The van der Waals surface area contributed by atoms with Crippen LogP contribution in [0.5, 0.6) is 0 Å². The smallest absolute Gasteiger partial charge is 0.356 e. The van der Waals surface area contributed by atoms with Crippen LogP contribution in [0.2, 0.25) is 0 Å².